The maximum atomic E-state index is 13.0. The Morgan fingerprint density at radius 1 is 0.829 bits per heavy atom. The minimum absolute atomic E-state index is 0.355. The first-order valence-electron chi connectivity index (χ1n) is 16.0. The van der Waals surface area contributed by atoms with Gasteiger partial charge in [-0.25, -0.2) is 0 Å². The van der Waals surface area contributed by atoms with Crippen LogP contribution in [-0.4, -0.2) is 56.9 Å². The third kappa shape index (κ3) is 18.2. The van der Waals surface area contributed by atoms with Gasteiger partial charge >= 0.3 is 5.97 Å². The summed E-state index contributed by atoms with van der Waals surface area (Å²) in [5, 5.41) is 42.0. The van der Waals surface area contributed by atoms with Gasteiger partial charge in [0.05, 0.1) is 24.2 Å². The summed E-state index contributed by atoms with van der Waals surface area (Å²) in [6.45, 7) is 5.66. The van der Waals surface area contributed by atoms with Crippen LogP contribution in [0.2, 0.25) is 0 Å². The highest BCUT2D eigenvalue weighted by Gasteiger charge is 2.29. The van der Waals surface area contributed by atoms with Crippen LogP contribution in [0, 0.1) is 5.92 Å². The molecule has 0 aliphatic carbocycles. The Kier molecular flexibility index (Phi) is 21.3. The summed E-state index contributed by atoms with van der Waals surface area (Å²) in [7, 11) is 0. The molecule has 4 N–H and O–H groups in total. The van der Waals surface area contributed by atoms with Crippen LogP contribution >= 0.6 is 0 Å². The lowest BCUT2D eigenvalue weighted by atomic mass is 9.91. The van der Waals surface area contributed by atoms with Crippen molar-refractivity contribution in [1.82, 2.24) is 0 Å². The first kappa shape index (κ1) is 37.0. The van der Waals surface area contributed by atoms with Crippen molar-refractivity contribution in [1.29, 1.82) is 0 Å². The van der Waals surface area contributed by atoms with Crippen LogP contribution in [0.15, 0.2) is 60.3 Å². The van der Waals surface area contributed by atoms with Crippen LogP contribution in [0.5, 0.6) is 0 Å². The normalized spacial score (nSPS) is 32.7. The SMILES string of the molecule is CCCCC[C@@H](O)[C@@H]1CCCCCCCCCC[C@@H](O)C[C@H](O)/C(C)=C/C=C/C=C/C=C/C=C/[C@H](O)[C@@H](C)OC1=O. The van der Waals surface area contributed by atoms with Crippen LogP contribution in [-0.2, 0) is 9.53 Å². The second kappa shape index (κ2) is 23.6. The monoisotopic (exact) mass is 574 g/mol. The number of hydrogen-bond acceptors (Lipinski definition) is 6. The van der Waals surface area contributed by atoms with Gasteiger partial charge in [0, 0.05) is 6.42 Å². The first-order valence-corrected chi connectivity index (χ1v) is 16.0. The number of cyclic esters (lactones) is 1. The fourth-order valence-corrected chi connectivity index (χ4v) is 4.95. The number of unbranched alkanes of at least 4 members (excludes halogenated alkanes) is 2. The Morgan fingerprint density at radius 3 is 2.02 bits per heavy atom. The van der Waals surface area contributed by atoms with Crippen LogP contribution in [0.4, 0.5) is 0 Å². The molecule has 0 radical (unpaired) electrons. The van der Waals surface area contributed by atoms with Gasteiger partial charge in [0.15, 0.2) is 0 Å². The molecule has 0 spiro atoms. The molecule has 6 nitrogen and oxygen atoms in total. The van der Waals surface area contributed by atoms with E-state index in [1.807, 2.05) is 43.4 Å². The molecule has 0 bridgehead atoms. The lowest BCUT2D eigenvalue weighted by Gasteiger charge is -2.25. The van der Waals surface area contributed by atoms with Gasteiger partial charge in [0.1, 0.15) is 12.2 Å². The van der Waals surface area contributed by atoms with Crippen molar-refractivity contribution in [2.24, 2.45) is 5.92 Å². The standard InChI is InChI=1S/C35H58O6/c1-4-5-17-26-33(38)31-24-20-15-11-7-6-10-14-19-23-30(36)27-34(39)28(2)22-18-13-9-8-12-16-21-25-32(37)29(3)41-35(31)40/h8-9,12-13,16,18,21-22,25,29-34,36-39H,4-7,10-11,14-15,17,19-20,23-24,26-27H2,1-3H3/b9-8+,16-12+,18-13+,25-21+,28-22+/t29-,30-,31+,32+,33-,34+/m1/s1. The van der Waals surface area contributed by atoms with E-state index >= 15 is 0 Å². The zero-order valence-corrected chi connectivity index (χ0v) is 25.9. The highest BCUT2D eigenvalue weighted by molar-refractivity contribution is 5.73. The molecule has 0 aromatic rings. The predicted molar refractivity (Wildman–Crippen MR) is 168 cm³/mol. The predicted octanol–water partition coefficient (Wildman–Crippen LogP) is 7.03. The number of aliphatic hydroxyl groups excluding tert-OH is 4. The van der Waals surface area contributed by atoms with Gasteiger partial charge in [-0.2, -0.15) is 0 Å². The Bertz CT molecular complexity index is 827. The molecule has 0 saturated heterocycles. The van der Waals surface area contributed by atoms with Gasteiger partial charge in [-0.15, -0.1) is 0 Å². The van der Waals surface area contributed by atoms with Crippen molar-refractivity contribution < 1.29 is 30.0 Å². The molecule has 1 aliphatic rings. The number of ether oxygens (including phenoxy) is 1. The molecule has 234 valence electrons. The van der Waals surface area contributed by atoms with Crippen LogP contribution in [0.25, 0.3) is 0 Å². The van der Waals surface area contributed by atoms with Gasteiger partial charge in [-0.1, -0.05) is 132 Å². The number of hydrogen-bond donors (Lipinski definition) is 4. The second-order valence-corrected chi connectivity index (χ2v) is 11.6. The Hall–Kier alpha value is -1.99. The molecule has 0 aromatic heterocycles. The molecule has 41 heavy (non-hydrogen) atoms. The fraction of sp³-hybridized carbons (Fsp3) is 0.686. The topological polar surface area (TPSA) is 107 Å². The lowest BCUT2D eigenvalue weighted by Crippen LogP contribution is -2.35. The Labute approximate surface area is 249 Å². The number of esters is 1. The molecular weight excluding hydrogens is 516 g/mol. The third-order valence-electron chi connectivity index (χ3n) is 7.81. The van der Waals surface area contributed by atoms with Crippen molar-refractivity contribution in [2.45, 2.75) is 148 Å². The summed E-state index contributed by atoms with van der Waals surface area (Å²) in [5.41, 5.74) is 0.821. The van der Waals surface area contributed by atoms with E-state index in [1.165, 1.54) is 0 Å². The van der Waals surface area contributed by atoms with Crippen molar-refractivity contribution >= 4 is 5.97 Å². The van der Waals surface area contributed by atoms with E-state index < -0.39 is 42.4 Å². The Morgan fingerprint density at radius 2 is 1.39 bits per heavy atom. The summed E-state index contributed by atoms with van der Waals surface area (Å²) in [6.07, 6.45) is 26.2. The maximum absolute atomic E-state index is 13.0. The van der Waals surface area contributed by atoms with Crippen LogP contribution in [0.1, 0.15) is 117 Å². The van der Waals surface area contributed by atoms with E-state index in [-0.39, 0.29) is 0 Å². The zero-order valence-electron chi connectivity index (χ0n) is 25.9. The molecule has 1 rings (SSSR count). The van der Waals surface area contributed by atoms with Crippen molar-refractivity contribution in [2.75, 3.05) is 0 Å². The summed E-state index contributed by atoms with van der Waals surface area (Å²) in [4.78, 5) is 13.0. The highest BCUT2D eigenvalue weighted by Crippen LogP contribution is 2.23. The molecule has 0 amide bonds. The number of allylic oxidation sites excluding steroid dienone is 8. The summed E-state index contributed by atoms with van der Waals surface area (Å²) in [5.74, 6) is -0.995. The molecule has 0 fully saturated rings. The van der Waals surface area contributed by atoms with Crippen molar-refractivity contribution in [3.8, 4) is 0 Å². The van der Waals surface area contributed by atoms with Crippen molar-refractivity contribution in [3.05, 3.63) is 60.3 Å². The summed E-state index contributed by atoms with van der Waals surface area (Å²) in [6, 6.07) is 0. The number of rotatable bonds is 5. The summed E-state index contributed by atoms with van der Waals surface area (Å²) < 4.78 is 5.62. The highest BCUT2D eigenvalue weighted by atomic mass is 16.6. The van der Waals surface area contributed by atoms with Gasteiger partial charge in [0.25, 0.3) is 0 Å². The van der Waals surface area contributed by atoms with Crippen LogP contribution < -0.4 is 0 Å². The number of carbonyl (C=O) groups is 1. The molecule has 6 atom stereocenters. The first-order chi connectivity index (χ1) is 19.8. The maximum Gasteiger partial charge on any atom is 0.311 e. The molecule has 6 heteroatoms. The largest absolute Gasteiger partial charge is 0.459 e. The number of carbonyl (C=O) groups excluding carboxylic acids is 1. The van der Waals surface area contributed by atoms with Crippen LogP contribution in [0.3, 0.4) is 0 Å². The van der Waals surface area contributed by atoms with E-state index in [2.05, 4.69) is 6.92 Å². The molecule has 1 aliphatic heterocycles. The number of aliphatic hydroxyl groups is 4. The van der Waals surface area contributed by atoms with Crippen molar-refractivity contribution in [3.63, 3.8) is 0 Å². The molecule has 0 aromatic carbocycles. The van der Waals surface area contributed by atoms with Gasteiger partial charge < -0.3 is 25.2 Å². The zero-order chi connectivity index (χ0) is 30.3. The minimum Gasteiger partial charge on any atom is -0.459 e. The summed E-state index contributed by atoms with van der Waals surface area (Å²) >= 11 is 0. The second-order valence-electron chi connectivity index (χ2n) is 11.6. The Balaban J connectivity index is 2.84. The van der Waals surface area contributed by atoms with Gasteiger partial charge in [-0.05, 0) is 38.7 Å². The quantitative estimate of drug-likeness (QED) is 0.207. The van der Waals surface area contributed by atoms with E-state index in [4.69, 9.17) is 4.74 Å². The molecule has 0 unspecified atom stereocenters. The van der Waals surface area contributed by atoms with E-state index in [1.54, 1.807) is 25.2 Å². The minimum atomic E-state index is -0.949. The lowest BCUT2D eigenvalue weighted by molar-refractivity contribution is -0.161. The van der Waals surface area contributed by atoms with E-state index in [0.717, 1.165) is 76.2 Å². The average molecular weight is 575 g/mol. The molecular formula is C35H58O6. The average Bonchev–Trinajstić information content (AvgIpc) is 2.94. The van der Waals surface area contributed by atoms with Gasteiger partial charge in [-0.3, -0.25) is 4.79 Å². The molecule has 1 heterocycles. The molecule has 0 saturated carbocycles. The fourth-order valence-electron chi connectivity index (χ4n) is 4.95. The smallest absolute Gasteiger partial charge is 0.311 e. The van der Waals surface area contributed by atoms with Gasteiger partial charge in [0.2, 0.25) is 0 Å². The van der Waals surface area contributed by atoms with E-state index in [0.29, 0.717) is 25.7 Å². The van der Waals surface area contributed by atoms with E-state index in [9.17, 15) is 25.2 Å². The third-order valence-corrected chi connectivity index (χ3v) is 7.81.